The largest absolute Gasteiger partial charge is 0.488 e. The second-order valence-electron chi connectivity index (χ2n) is 3.79. The Morgan fingerprint density at radius 3 is 2.59 bits per heavy atom. The first-order valence-corrected chi connectivity index (χ1v) is 5.29. The molecule has 17 heavy (non-hydrogen) atoms. The van der Waals surface area contributed by atoms with Gasteiger partial charge in [0, 0.05) is 11.6 Å². The Labute approximate surface area is 98.7 Å². The van der Waals surface area contributed by atoms with Gasteiger partial charge >= 0.3 is 0 Å². The van der Waals surface area contributed by atoms with Crippen molar-refractivity contribution < 1.29 is 13.5 Å². The lowest BCUT2D eigenvalue weighted by Gasteiger charge is -2.09. The molecule has 0 heterocycles. The molecule has 2 aromatic carbocycles. The highest BCUT2D eigenvalue weighted by molar-refractivity contribution is 5.33. The summed E-state index contributed by atoms with van der Waals surface area (Å²) in [5.41, 5.74) is 1.28. The van der Waals surface area contributed by atoms with Crippen molar-refractivity contribution in [2.75, 3.05) is 0 Å². The van der Waals surface area contributed by atoms with Crippen LogP contribution in [0.15, 0.2) is 42.5 Å². The zero-order chi connectivity index (χ0) is 12.3. The maximum absolute atomic E-state index is 13.3. The van der Waals surface area contributed by atoms with Crippen LogP contribution < -0.4 is 4.74 Å². The molecule has 0 aliphatic rings. The quantitative estimate of drug-likeness (QED) is 0.783. The van der Waals surface area contributed by atoms with E-state index in [2.05, 4.69) is 0 Å². The molecule has 0 radical (unpaired) electrons. The molecule has 88 valence electrons. The number of hydrogen-bond donors (Lipinski definition) is 0. The molecule has 2 rings (SSSR count). The molecule has 1 nitrogen and oxygen atoms in total. The van der Waals surface area contributed by atoms with Gasteiger partial charge in [-0.05, 0) is 24.6 Å². The summed E-state index contributed by atoms with van der Waals surface area (Å²) in [5.74, 6) is -0.242. The second kappa shape index (κ2) is 4.95. The van der Waals surface area contributed by atoms with E-state index in [0.717, 1.165) is 5.56 Å². The van der Waals surface area contributed by atoms with Crippen molar-refractivity contribution in [1.29, 1.82) is 0 Å². The van der Waals surface area contributed by atoms with Gasteiger partial charge in [0.15, 0.2) is 0 Å². The number of ether oxygens (including phenoxy) is 1. The van der Waals surface area contributed by atoms with Crippen LogP contribution in [0.25, 0.3) is 0 Å². The molecule has 0 fully saturated rings. The smallest absolute Gasteiger partial charge is 0.129 e. The van der Waals surface area contributed by atoms with Crippen LogP contribution in [0.4, 0.5) is 8.78 Å². The summed E-state index contributed by atoms with van der Waals surface area (Å²) in [6.45, 7) is 1.91. The van der Waals surface area contributed by atoms with E-state index < -0.39 is 0 Å². The van der Waals surface area contributed by atoms with Crippen molar-refractivity contribution in [3.8, 4) is 5.75 Å². The molecule has 0 bridgehead atoms. The van der Waals surface area contributed by atoms with Crippen LogP contribution in [0.5, 0.6) is 5.75 Å². The fraction of sp³-hybridized carbons (Fsp3) is 0.143. The van der Waals surface area contributed by atoms with E-state index in [1.165, 1.54) is 18.2 Å². The fourth-order valence-corrected chi connectivity index (χ4v) is 1.50. The minimum atomic E-state index is -0.362. The molecule has 2 aromatic rings. The molecule has 0 spiro atoms. The van der Waals surface area contributed by atoms with E-state index in [1.54, 1.807) is 24.3 Å². The maximum atomic E-state index is 13.3. The van der Waals surface area contributed by atoms with Gasteiger partial charge in [0.1, 0.15) is 24.0 Å². The van der Waals surface area contributed by atoms with Gasteiger partial charge in [0.25, 0.3) is 0 Å². The van der Waals surface area contributed by atoms with Gasteiger partial charge in [-0.3, -0.25) is 0 Å². The first-order chi connectivity index (χ1) is 8.16. The monoisotopic (exact) mass is 234 g/mol. The molecule has 0 unspecified atom stereocenters. The first-order valence-electron chi connectivity index (χ1n) is 5.29. The molecule has 0 atom stereocenters. The molecular formula is C14H12F2O. The second-order valence-corrected chi connectivity index (χ2v) is 3.79. The summed E-state index contributed by atoms with van der Waals surface area (Å²) in [4.78, 5) is 0. The predicted octanol–water partition coefficient (Wildman–Crippen LogP) is 3.85. The average molecular weight is 234 g/mol. The van der Waals surface area contributed by atoms with Crippen molar-refractivity contribution >= 4 is 0 Å². The highest BCUT2D eigenvalue weighted by Gasteiger charge is 2.04. The van der Waals surface area contributed by atoms with Crippen molar-refractivity contribution in [3.63, 3.8) is 0 Å². The molecule has 0 N–H and O–H groups in total. The number of hydrogen-bond acceptors (Lipinski definition) is 1. The third kappa shape index (κ3) is 2.81. The topological polar surface area (TPSA) is 9.23 Å². The lowest BCUT2D eigenvalue weighted by atomic mass is 10.2. The van der Waals surface area contributed by atoms with Crippen LogP contribution in [0.3, 0.4) is 0 Å². The highest BCUT2D eigenvalue weighted by atomic mass is 19.1. The van der Waals surface area contributed by atoms with Crippen molar-refractivity contribution in [2.45, 2.75) is 13.5 Å². The summed E-state index contributed by atoms with van der Waals surface area (Å²) in [5, 5.41) is 0. The lowest BCUT2D eigenvalue weighted by molar-refractivity contribution is 0.296. The van der Waals surface area contributed by atoms with E-state index in [-0.39, 0.29) is 18.2 Å². The van der Waals surface area contributed by atoms with Crippen molar-refractivity contribution in [1.82, 2.24) is 0 Å². The first kappa shape index (κ1) is 11.6. The normalized spacial score (nSPS) is 10.3. The number of benzene rings is 2. The molecule has 0 saturated heterocycles. The molecule has 0 saturated carbocycles. The third-order valence-electron chi connectivity index (χ3n) is 2.49. The Morgan fingerprint density at radius 1 is 1.06 bits per heavy atom. The molecular weight excluding hydrogens is 222 g/mol. The Bertz CT molecular complexity index is 523. The van der Waals surface area contributed by atoms with Crippen molar-refractivity contribution in [2.24, 2.45) is 0 Å². The third-order valence-corrected chi connectivity index (χ3v) is 2.49. The number of rotatable bonds is 3. The van der Waals surface area contributed by atoms with Crippen LogP contribution in [-0.2, 0) is 6.61 Å². The molecule has 0 aromatic heterocycles. The van der Waals surface area contributed by atoms with Gasteiger partial charge in [0.05, 0.1) is 0 Å². The Hall–Kier alpha value is -1.90. The Balaban J connectivity index is 2.12. The Kier molecular flexibility index (Phi) is 3.38. The van der Waals surface area contributed by atoms with Gasteiger partial charge in [0.2, 0.25) is 0 Å². The fourth-order valence-electron chi connectivity index (χ4n) is 1.50. The maximum Gasteiger partial charge on any atom is 0.129 e. The van der Waals surface area contributed by atoms with Crippen LogP contribution >= 0.6 is 0 Å². The lowest BCUT2D eigenvalue weighted by Crippen LogP contribution is -1.99. The van der Waals surface area contributed by atoms with Crippen LogP contribution in [0.1, 0.15) is 11.1 Å². The van der Waals surface area contributed by atoms with E-state index >= 15 is 0 Å². The minimum absolute atomic E-state index is 0.0942. The summed E-state index contributed by atoms with van der Waals surface area (Å²) >= 11 is 0. The SMILES string of the molecule is Cc1ccc(F)cc1OCc1ccccc1F. The molecule has 0 aliphatic carbocycles. The van der Waals surface area contributed by atoms with E-state index in [1.807, 2.05) is 6.92 Å². The van der Waals surface area contributed by atoms with E-state index in [9.17, 15) is 8.78 Å². The van der Waals surface area contributed by atoms with Gasteiger partial charge in [-0.15, -0.1) is 0 Å². The van der Waals surface area contributed by atoms with Gasteiger partial charge in [-0.1, -0.05) is 24.3 Å². The molecule has 3 heteroatoms. The summed E-state index contributed by atoms with van der Waals surface area (Å²) in [7, 11) is 0. The van der Waals surface area contributed by atoms with E-state index in [0.29, 0.717) is 11.3 Å². The summed E-state index contributed by atoms with van der Waals surface area (Å²) in [6, 6.07) is 10.7. The highest BCUT2D eigenvalue weighted by Crippen LogP contribution is 2.20. The standard InChI is InChI=1S/C14H12F2O/c1-10-6-7-12(15)8-14(10)17-9-11-4-2-3-5-13(11)16/h2-8H,9H2,1H3. The minimum Gasteiger partial charge on any atom is -0.488 e. The number of halogens is 2. The van der Waals surface area contributed by atoms with Crippen molar-refractivity contribution in [3.05, 3.63) is 65.2 Å². The Morgan fingerprint density at radius 2 is 1.82 bits per heavy atom. The zero-order valence-corrected chi connectivity index (χ0v) is 9.41. The van der Waals surface area contributed by atoms with E-state index in [4.69, 9.17) is 4.74 Å². The molecule has 0 aliphatic heterocycles. The van der Waals surface area contributed by atoms with Gasteiger partial charge < -0.3 is 4.74 Å². The predicted molar refractivity (Wildman–Crippen MR) is 61.9 cm³/mol. The van der Waals surface area contributed by atoms with Crippen LogP contribution in [0.2, 0.25) is 0 Å². The van der Waals surface area contributed by atoms with Crippen LogP contribution in [-0.4, -0.2) is 0 Å². The number of aryl methyl sites for hydroxylation is 1. The van der Waals surface area contributed by atoms with Gasteiger partial charge in [-0.2, -0.15) is 0 Å². The summed E-state index contributed by atoms with van der Waals surface area (Å²) in [6.07, 6.45) is 0. The average Bonchev–Trinajstić information content (AvgIpc) is 2.32. The summed E-state index contributed by atoms with van der Waals surface area (Å²) < 4.78 is 31.7. The zero-order valence-electron chi connectivity index (χ0n) is 9.41. The van der Waals surface area contributed by atoms with Gasteiger partial charge in [-0.25, -0.2) is 8.78 Å². The van der Waals surface area contributed by atoms with Crippen LogP contribution in [0, 0.1) is 18.6 Å². The molecule has 0 amide bonds.